The first-order valence-electron chi connectivity index (χ1n) is 8.70. The molecular formula is C18H24ClNO2S. The van der Waals surface area contributed by atoms with Crippen molar-refractivity contribution in [3.8, 4) is 0 Å². The highest BCUT2D eigenvalue weighted by atomic mass is 35.5. The maximum Gasteiger partial charge on any atom is 0.240 e. The summed E-state index contributed by atoms with van der Waals surface area (Å²) in [5, 5.41) is 0.554. The Labute approximate surface area is 143 Å². The van der Waals surface area contributed by atoms with Crippen molar-refractivity contribution in [2.24, 2.45) is 29.6 Å². The second kappa shape index (κ2) is 5.75. The van der Waals surface area contributed by atoms with Gasteiger partial charge in [0, 0.05) is 11.1 Å². The molecule has 4 saturated carbocycles. The second-order valence-electron chi connectivity index (χ2n) is 7.87. The van der Waals surface area contributed by atoms with E-state index in [1.165, 1.54) is 32.1 Å². The van der Waals surface area contributed by atoms with E-state index in [-0.39, 0.29) is 6.04 Å². The van der Waals surface area contributed by atoms with Crippen LogP contribution in [-0.4, -0.2) is 14.5 Å². The predicted octanol–water partition coefficient (Wildman–Crippen LogP) is 4.08. The van der Waals surface area contributed by atoms with Crippen molar-refractivity contribution < 1.29 is 8.42 Å². The van der Waals surface area contributed by atoms with Crippen LogP contribution in [0.1, 0.15) is 39.0 Å². The molecule has 5 rings (SSSR count). The van der Waals surface area contributed by atoms with Crippen molar-refractivity contribution in [1.82, 2.24) is 4.72 Å². The van der Waals surface area contributed by atoms with Crippen LogP contribution in [0, 0.1) is 29.6 Å². The van der Waals surface area contributed by atoms with E-state index in [1.54, 1.807) is 24.3 Å². The van der Waals surface area contributed by atoms with Gasteiger partial charge in [0.15, 0.2) is 0 Å². The molecule has 0 radical (unpaired) electrons. The van der Waals surface area contributed by atoms with Crippen molar-refractivity contribution in [3.63, 3.8) is 0 Å². The van der Waals surface area contributed by atoms with Crippen LogP contribution in [0.5, 0.6) is 0 Å². The molecular weight excluding hydrogens is 330 g/mol. The number of hydrogen-bond acceptors (Lipinski definition) is 2. The molecule has 5 heteroatoms. The van der Waals surface area contributed by atoms with Crippen molar-refractivity contribution >= 4 is 21.6 Å². The van der Waals surface area contributed by atoms with Crippen molar-refractivity contribution in [2.45, 2.75) is 50.0 Å². The summed E-state index contributed by atoms with van der Waals surface area (Å²) in [5.74, 6) is 3.76. The molecule has 3 nitrogen and oxygen atoms in total. The molecule has 0 aliphatic heterocycles. The van der Waals surface area contributed by atoms with Crippen LogP contribution in [0.4, 0.5) is 0 Å². The Balaban J connectivity index is 1.51. The minimum Gasteiger partial charge on any atom is -0.208 e. The fourth-order valence-electron chi connectivity index (χ4n) is 5.79. The number of halogens is 1. The fraction of sp³-hybridized carbons (Fsp3) is 0.667. The molecule has 4 aliphatic rings. The lowest BCUT2D eigenvalue weighted by molar-refractivity contribution is -0.0463. The lowest BCUT2D eigenvalue weighted by Crippen LogP contribution is -2.52. The van der Waals surface area contributed by atoms with Gasteiger partial charge in [-0.25, -0.2) is 13.1 Å². The summed E-state index contributed by atoms with van der Waals surface area (Å²) < 4.78 is 28.2. The van der Waals surface area contributed by atoms with E-state index in [9.17, 15) is 8.42 Å². The van der Waals surface area contributed by atoms with Crippen LogP contribution in [0.3, 0.4) is 0 Å². The molecule has 1 aromatic rings. The summed E-state index contributed by atoms with van der Waals surface area (Å²) in [5.41, 5.74) is 0. The summed E-state index contributed by atoms with van der Waals surface area (Å²) >= 11 is 5.86. The highest BCUT2D eigenvalue weighted by Crippen LogP contribution is 2.57. The zero-order valence-electron chi connectivity index (χ0n) is 13.4. The van der Waals surface area contributed by atoms with Gasteiger partial charge < -0.3 is 0 Å². The van der Waals surface area contributed by atoms with Crippen molar-refractivity contribution in [2.75, 3.05) is 0 Å². The predicted molar refractivity (Wildman–Crippen MR) is 91.8 cm³/mol. The van der Waals surface area contributed by atoms with Gasteiger partial charge in [0.05, 0.1) is 4.90 Å². The number of nitrogens with one attached hydrogen (secondary N) is 1. The molecule has 0 saturated heterocycles. The van der Waals surface area contributed by atoms with Crippen molar-refractivity contribution in [1.29, 1.82) is 0 Å². The Morgan fingerprint density at radius 3 is 2.04 bits per heavy atom. The van der Waals surface area contributed by atoms with Crippen LogP contribution in [0.15, 0.2) is 29.2 Å². The summed E-state index contributed by atoms with van der Waals surface area (Å²) in [4.78, 5) is 0.303. The zero-order valence-corrected chi connectivity index (χ0v) is 15.0. The van der Waals surface area contributed by atoms with E-state index in [4.69, 9.17) is 11.6 Å². The SMILES string of the molecule is CC(NS(=O)(=O)c1ccc(Cl)cc1)C1C2CC3CC(C2)CC1C3. The molecule has 23 heavy (non-hydrogen) atoms. The van der Waals surface area contributed by atoms with E-state index >= 15 is 0 Å². The maximum absolute atomic E-state index is 12.6. The van der Waals surface area contributed by atoms with Gasteiger partial charge in [-0.05, 0) is 92.9 Å². The third-order valence-corrected chi connectivity index (χ3v) is 8.17. The molecule has 4 bridgehead atoms. The highest BCUT2D eigenvalue weighted by molar-refractivity contribution is 7.89. The van der Waals surface area contributed by atoms with E-state index in [1.807, 2.05) is 0 Å². The summed E-state index contributed by atoms with van der Waals surface area (Å²) in [6.45, 7) is 2.06. The first-order valence-corrected chi connectivity index (χ1v) is 10.6. The quantitative estimate of drug-likeness (QED) is 0.886. The summed E-state index contributed by atoms with van der Waals surface area (Å²) in [6, 6.07) is 6.42. The normalized spacial score (nSPS) is 37.0. The second-order valence-corrected chi connectivity index (χ2v) is 10.0. The molecule has 126 valence electrons. The van der Waals surface area contributed by atoms with Gasteiger partial charge in [-0.3, -0.25) is 0 Å². The number of rotatable bonds is 4. The average Bonchev–Trinajstić information content (AvgIpc) is 2.45. The summed E-state index contributed by atoms with van der Waals surface area (Å²) in [6.07, 6.45) is 6.66. The largest absolute Gasteiger partial charge is 0.240 e. The van der Waals surface area contributed by atoms with E-state index in [0.717, 1.165) is 11.8 Å². The smallest absolute Gasteiger partial charge is 0.208 e. The van der Waals surface area contributed by atoms with E-state index in [2.05, 4.69) is 11.6 Å². The molecule has 1 atom stereocenters. The molecule has 1 N–H and O–H groups in total. The minimum atomic E-state index is -3.47. The van der Waals surface area contributed by atoms with Gasteiger partial charge in [0.1, 0.15) is 0 Å². The fourth-order valence-corrected chi connectivity index (χ4v) is 7.19. The van der Waals surface area contributed by atoms with E-state index in [0.29, 0.717) is 27.7 Å². The Hall–Kier alpha value is -0.580. The van der Waals surface area contributed by atoms with Gasteiger partial charge in [-0.1, -0.05) is 11.6 Å². The molecule has 1 unspecified atom stereocenters. The van der Waals surface area contributed by atoms with Crippen LogP contribution in [0.2, 0.25) is 5.02 Å². The van der Waals surface area contributed by atoms with E-state index < -0.39 is 10.0 Å². The standard InChI is InChI=1S/C18H24ClNO2S/c1-11(20-23(21,22)17-4-2-16(19)3-5-17)18-14-7-12-6-13(9-14)10-15(18)8-12/h2-5,11-15,18,20H,6-10H2,1H3. The van der Waals surface area contributed by atoms with Crippen LogP contribution in [-0.2, 0) is 10.0 Å². The van der Waals surface area contributed by atoms with Gasteiger partial charge in [0.2, 0.25) is 10.0 Å². The number of sulfonamides is 1. The van der Waals surface area contributed by atoms with Crippen molar-refractivity contribution in [3.05, 3.63) is 29.3 Å². The molecule has 4 fully saturated rings. The Kier molecular flexibility index (Phi) is 3.98. The zero-order chi connectivity index (χ0) is 16.2. The lowest BCUT2D eigenvalue weighted by Gasteiger charge is -2.56. The third-order valence-electron chi connectivity index (χ3n) is 6.34. The van der Waals surface area contributed by atoms with Crippen LogP contribution >= 0.6 is 11.6 Å². The molecule has 0 spiro atoms. The van der Waals surface area contributed by atoms with Gasteiger partial charge in [-0.2, -0.15) is 0 Å². The minimum absolute atomic E-state index is 0.00526. The maximum atomic E-state index is 12.6. The molecule has 1 aromatic carbocycles. The topological polar surface area (TPSA) is 46.2 Å². The first kappa shape index (κ1) is 15.9. The Morgan fingerprint density at radius 1 is 1.00 bits per heavy atom. The third kappa shape index (κ3) is 2.94. The molecule has 4 aliphatic carbocycles. The highest BCUT2D eigenvalue weighted by Gasteiger charge is 2.50. The van der Waals surface area contributed by atoms with Gasteiger partial charge in [-0.15, -0.1) is 0 Å². The molecule has 0 heterocycles. The van der Waals surface area contributed by atoms with Gasteiger partial charge in [0.25, 0.3) is 0 Å². The monoisotopic (exact) mass is 353 g/mol. The van der Waals surface area contributed by atoms with Gasteiger partial charge >= 0.3 is 0 Å². The molecule has 0 aromatic heterocycles. The number of hydrogen-bond donors (Lipinski definition) is 1. The molecule has 0 amide bonds. The first-order chi connectivity index (χ1) is 10.9. The Morgan fingerprint density at radius 2 is 1.52 bits per heavy atom. The lowest BCUT2D eigenvalue weighted by atomic mass is 9.51. The number of benzene rings is 1. The van der Waals surface area contributed by atoms with Crippen LogP contribution in [0.25, 0.3) is 0 Å². The Bertz CT molecular complexity index is 657. The summed E-state index contributed by atoms with van der Waals surface area (Å²) in [7, 11) is -3.47. The van der Waals surface area contributed by atoms with Crippen LogP contribution < -0.4 is 4.72 Å². The average molecular weight is 354 g/mol.